The lowest BCUT2D eigenvalue weighted by atomic mass is 9.80. The highest BCUT2D eigenvalue weighted by Gasteiger charge is 2.33. The Bertz CT molecular complexity index is 481. The monoisotopic (exact) mass is 275 g/mol. The van der Waals surface area contributed by atoms with Crippen molar-refractivity contribution in [1.29, 1.82) is 0 Å². The predicted molar refractivity (Wildman–Crippen MR) is 77.4 cm³/mol. The molecule has 0 N–H and O–H groups in total. The Balaban J connectivity index is 2.28. The lowest BCUT2D eigenvalue weighted by Crippen LogP contribution is -2.27. The summed E-state index contributed by atoms with van der Waals surface area (Å²) in [6.45, 7) is 1.84. The van der Waals surface area contributed by atoms with Crippen LogP contribution in [0.15, 0.2) is 24.3 Å². The summed E-state index contributed by atoms with van der Waals surface area (Å²) in [6.07, 6.45) is 4.34. The van der Waals surface area contributed by atoms with Gasteiger partial charge in [-0.15, -0.1) is 0 Å². The molecule has 0 radical (unpaired) electrons. The largest absolute Gasteiger partial charge is 0.299 e. The second kappa shape index (κ2) is 6.64. The van der Waals surface area contributed by atoms with Crippen LogP contribution in [0.1, 0.15) is 49.1 Å². The minimum Gasteiger partial charge on any atom is -0.299 e. The van der Waals surface area contributed by atoms with Crippen molar-refractivity contribution in [2.24, 2.45) is 5.92 Å². The average molecular weight is 275 g/mol. The molecule has 4 heteroatoms. The van der Waals surface area contributed by atoms with Crippen molar-refractivity contribution in [2.75, 3.05) is 6.54 Å². The van der Waals surface area contributed by atoms with Crippen LogP contribution in [0.25, 0.3) is 0 Å². The van der Waals surface area contributed by atoms with Crippen molar-refractivity contribution < 1.29 is 9.72 Å². The van der Waals surface area contributed by atoms with Gasteiger partial charge < -0.3 is 0 Å². The third-order valence-electron chi connectivity index (χ3n) is 4.19. The molecule has 4 nitrogen and oxygen atoms in total. The maximum absolute atomic E-state index is 12.3. The zero-order valence-corrected chi connectivity index (χ0v) is 11.9. The van der Waals surface area contributed by atoms with Crippen LogP contribution in [-0.2, 0) is 4.79 Å². The molecule has 20 heavy (non-hydrogen) atoms. The summed E-state index contributed by atoms with van der Waals surface area (Å²) in [5.74, 6) is -0.267. The van der Waals surface area contributed by atoms with E-state index in [0.29, 0.717) is 6.42 Å². The van der Waals surface area contributed by atoms with Crippen LogP contribution in [0.2, 0.25) is 0 Å². The molecule has 2 atom stereocenters. The number of rotatable bonds is 4. The average Bonchev–Trinajstić information content (AvgIpc) is 2.62. The van der Waals surface area contributed by atoms with E-state index in [-0.39, 0.29) is 29.1 Å². The Hall–Kier alpha value is -1.71. The van der Waals surface area contributed by atoms with Crippen molar-refractivity contribution in [1.82, 2.24) is 0 Å². The molecule has 0 unspecified atom stereocenters. The summed E-state index contributed by atoms with van der Waals surface area (Å²) >= 11 is 0. The van der Waals surface area contributed by atoms with Crippen molar-refractivity contribution in [2.45, 2.75) is 44.9 Å². The maximum Gasteiger partial charge on any atom is 0.211 e. The van der Waals surface area contributed by atoms with E-state index in [9.17, 15) is 14.9 Å². The zero-order chi connectivity index (χ0) is 14.5. The summed E-state index contributed by atoms with van der Waals surface area (Å²) in [6, 6.07) is 7.79. The predicted octanol–water partition coefficient (Wildman–Crippen LogP) is 3.50. The quantitative estimate of drug-likeness (QED) is 0.480. The Morgan fingerprint density at radius 2 is 1.95 bits per heavy atom. The molecule has 1 aromatic carbocycles. The van der Waals surface area contributed by atoms with Crippen LogP contribution in [0.5, 0.6) is 0 Å². The van der Waals surface area contributed by atoms with Crippen molar-refractivity contribution >= 4 is 5.78 Å². The van der Waals surface area contributed by atoms with Gasteiger partial charge in [-0.25, -0.2) is 0 Å². The van der Waals surface area contributed by atoms with Gasteiger partial charge in [0.1, 0.15) is 5.78 Å². The fourth-order valence-corrected chi connectivity index (χ4v) is 3.05. The van der Waals surface area contributed by atoms with Gasteiger partial charge in [0.25, 0.3) is 0 Å². The topological polar surface area (TPSA) is 60.2 Å². The van der Waals surface area contributed by atoms with E-state index in [4.69, 9.17) is 0 Å². The number of aryl methyl sites for hydroxylation is 1. The molecule has 1 aliphatic carbocycles. The van der Waals surface area contributed by atoms with Gasteiger partial charge in [-0.05, 0) is 25.3 Å². The number of hydrogen-bond donors (Lipinski definition) is 0. The molecule has 2 rings (SSSR count). The second-order valence-electron chi connectivity index (χ2n) is 5.70. The molecule has 0 spiro atoms. The highest BCUT2D eigenvalue weighted by Crippen LogP contribution is 2.33. The molecule has 0 aliphatic heterocycles. The molecule has 0 amide bonds. The van der Waals surface area contributed by atoms with E-state index in [1.807, 2.05) is 31.2 Å². The SMILES string of the molecule is Cc1ccc([C@@H](C[N+](=O)[O-])[C@H]2CCCCCC2=O)cc1. The Labute approximate surface area is 119 Å². The van der Waals surface area contributed by atoms with Crippen LogP contribution in [0.3, 0.4) is 0 Å². The smallest absolute Gasteiger partial charge is 0.211 e. The summed E-state index contributed by atoms with van der Waals surface area (Å²) in [5, 5.41) is 11.0. The van der Waals surface area contributed by atoms with Crippen LogP contribution in [0, 0.1) is 23.0 Å². The van der Waals surface area contributed by atoms with E-state index in [2.05, 4.69) is 0 Å². The minimum absolute atomic E-state index is 0.153. The summed E-state index contributed by atoms with van der Waals surface area (Å²) in [7, 11) is 0. The number of nitro groups is 1. The molecule has 1 aromatic rings. The number of ketones is 1. The number of carbonyl (C=O) groups is 1. The van der Waals surface area contributed by atoms with Crippen LogP contribution in [-0.4, -0.2) is 17.3 Å². The van der Waals surface area contributed by atoms with Gasteiger partial charge in [0.2, 0.25) is 6.54 Å². The summed E-state index contributed by atoms with van der Waals surface area (Å²) < 4.78 is 0. The molecule has 1 aliphatic rings. The van der Waals surface area contributed by atoms with Crippen molar-refractivity contribution in [3.8, 4) is 0 Å². The van der Waals surface area contributed by atoms with E-state index in [1.165, 1.54) is 0 Å². The Morgan fingerprint density at radius 3 is 2.60 bits per heavy atom. The highest BCUT2D eigenvalue weighted by molar-refractivity contribution is 5.82. The number of hydrogen-bond acceptors (Lipinski definition) is 3. The van der Waals surface area contributed by atoms with Gasteiger partial charge in [0.15, 0.2) is 0 Å². The van der Waals surface area contributed by atoms with Gasteiger partial charge in [-0.2, -0.15) is 0 Å². The van der Waals surface area contributed by atoms with Crippen molar-refractivity contribution in [3.63, 3.8) is 0 Å². The number of Topliss-reactive ketones (excluding diaryl/α,β-unsaturated/α-hetero) is 1. The van der Waals surface area contributed by atoms with E-state index in [1.54, 1.807) is 0 Å². The molecule has 1 saturated carbocycles. The van der Waals surface area contributed by atoms with Gasteiger partial charge in [-0.3, -0.25) is 14.9 Å². The fraction of sp³-hybridized carbons (Fsp3) is 0.562. The molecule has 0 aromatic heterocycles. The molecular weight excluding hydrogens is 254 g/mol. The van der Waals surface area contributed by atoms with E-state index in [0.717, 1.165) is 36.8 Å². The Kier molecular flexibility index (Phi) is 4.88. The maximum atomic E-state index is 12.3. The molecule has 108 valence electrons. The molecule has 0 heterocycles. The minimum atomic E-state index is -0.289. The number of benzene rings is 1. The zero-order valence-electron chi connectivity index (χ0n) is 11.9. The van der Waals surface area contributed by atoms with E-state index < -0.39 is 0 Å². The first-order valence-corrected chi connectivity index (χ1v) is 7.29. The molecular formula is C16H21NO3. The lowest BCUT2D eigenvalue weighted by molar-refractivity contribution is -0.484. The van der Waals surface area contributed by atoms with E-state index >= 15 is 0 Å². The number of carbonyl (C=O) groups excluding carboxylic acids is 1. The van der Waals surface area contributed by atoms with Crippen LogP contribution < -0.4 is 0 Å². The first-order valence-electron chi connectivity index (χ1n) is 7.29. The molecule has 1 fully saturated rings. The van der Waals surface area contributed by atoms with Gasteiger partial charge >= 0.3 is 0 Å². The summed E-state index contributed by atoms with van der Waals surface area (Å²) in [5.41, 5.74) is 2.05. The van der Waals surface area contributed by atoms with Gasteiger partial charge in [0.05, 0.1) is 5.92 Å². The van der Waals surface area contributed by atoms with Gasteiger partial charge in [-0.1, -0.05) is 42.7 Å². The standard InChI is InChI=1S/C16H21NO3/c1-12-7-9-13(10-8-12)15(11-17(19)20)14-5-3-2-4-6-16(14)18/h7-10,14-15H,2-6,11H2,1H3/t14-,15-/m1/s1. The third kappa shape index (κ3) is 3.65. The second-order valence-corrected chi connectivity index (χ2v) is 5.70. The number of nitrogens with zero attached hydrogens (tertiary/aromatic N) is 1. The Morgan fingerprint density at radius 1 is 1.25 bits per heavy atom. The highest BCUT2D eigenvalue weighted by atomic mass is 16.6. The summed E-state index contributed by atoms with van der Waals surface area (Å²) in [4.78, 5) is 22.9. The molecule has 0 saturated heterocycles. The third-order valence-corrected chi connectivity index (χ3v) is 4.19. The normalized spacial score (nSPS) is 21.2. The van der Waals surface area contributed by atoms with Crippen LogP contribution in [0.4, 0.5) is 0 Å². The fourth-order valence-electron chi connectivity index (χ4n) is 3.05. The first-order chi connectivity index (χ1) is 9.58. The first kappa shape index (κ1) is 14.7. The van der Waals surface area contributed by atoms with Gasteiger partial charge in [0, 0.05) is 17.3 Å². The van der Waals surface area contributed by atoms with Crippen molar-refractivity contribution in [3.05, 3.63) is 45.5 Å². The molecule has 0 bridgehead atoms. The lowest BCUT2D eigenvalue weighted by Gasteiger charge is -2.22. The van der Waals surface area contributed by atoms with Crippen LogP contribution >= 0.6 is 0 Å².